The smallest absolute Gasteiger partial charge is 0.305 e. The number of hydrogen-bond acceptors (Lipinski definition) is 7. The normalized spacial score (nSPS) is 30.2. The summed E-state index contributed by atoms with van der Waals surface area (Å²) in [6, 6.07) is 17.2. The first-order chi connectivity index (χ1) is 18.9. The van der Waals surface area contributed by atoms with Gasteiger partial charge in [0.25, 0.3) is 0 Å². The molecule has 10 heteroatoms. The number of nitrogens with one attached hydrogen (secondary N) is 2. The Bertz CT molecular complexity index is 1520. The van der Waals surface area contributed by atoms with Crippen molar-refractivity contribution in [2.45, 2.75) is 29.0 Å². The third-order valence-corrected chi connectivity index (χ3v) is 11.5. The van der Waals surface area contributed by atoms with Gasteiger partial charge in [-0.25, -0.2) is 0 Å². The number of H-pyrrole nitrogens is 1. The van der Waals surface area contributed by atoms with Crippen LogP contribution in [0, 0.1) is 29.6 Å². The Labute approximate surface area is 233 Å². The van der Waals surface area contributed by atoms with Crippen molar-refractivity contribution >= 4 is 46.5 Å². The minimum Gasteiger partial charge on any atom is -0.497 e. The van der Waals surface area contributed by atoms with Gasteiger partial charge < -0.3 is 15.0 Å². The molecule has 2 saturated carbocycles. The molecule has 3 amide bonds. The van der Waals surface area contributed by atoms with Crippen LogP contribution in [0.25, 0.3) is 0 Å². The summed E-state index contributed by atoms with van der Waals surface area (Å²) >= 11 is 2.95. The number of amides is 3. The van der Waals surface area contributed by atoms with Gasteiger partial charge in [0.1, 0.15) is 5.75 Å². The van der Waals surface area contributed by atoms with Gasteiger partial charge in [0.05, 0.1) is 24.0 Å². The van der Waals surface area contributed by atoms with E-state index in [9.17, 15) is 19.2 Å². The zero-order valence-electron chi connectivity index (χ0n) is 21.2. The van der Waals surface area contributed by atoms with E-state index in [1.165, 1.54) is 16.2 Å². The lowest BCUT2D eigenvalue weighted by molar-refractivity contribution is -0.141. The number of aromatic amines is 1. The zero-order chi connectivity index (χ0) is 26.8. The summed E-state index contributed by atoms with van der Waals surface area (Å²) in [5.74, 6) is -0.179. The molecule has 2 aromatic carbocycles. The van der Waals surface area contributed by atoms with Crippen LogP contribution in [0.4, 0.5) is 5.69 Å². The Morgan fingerprint density at radius 3 is 2.46 bits per heavy atom. The van der Waals surface area contributed by atoms with Crippen LogP contribution >= 0.6 is 23.1 Å². The number of imide groups is 1. The molecule has 7 atom stereocenters. The predicted octanol–water partition coefficient (Wildman–Crippen LogP) is 3.95. The van der Waals surface area contributed by atoms with E-state index >= 15 is 0 Å². The van der Waals surface area contributed by atoms with Crippen LogP contribution in [0.5, 0.6) is 5.75 Å². The molecule has 200 valence electrons. The van der Waals surface area contributed by atoms with E-state index in [1.54, 1.807) is 43.1 Å². The van der Waals surface area contributed by atoms with Crippen LogP contribution < -0.4 is 14.9 Å². The van der Waals surface area contributed by atoms with E-state index in [2.05, 4.69) is 22.4 Å². The number of fused-ring (bicyclic) bond motifs is 9. The van der Waals surface area contributed by atoms with Gasteiger partial charge in [-0.1, -0.05) is 41.7 Å². The lowest BCUT2D eigenvalue weighted by Crippen LogP contribution is -2.42. The second kappa shape index (κ2) is 9.38. The van der Waals surface area contributed by atoms with Gasteiger partial charge in [0.2, 0.25) is 17.7 Å². The minimum absolute atomic E-state index is 0.0274. The van der Waals surface area contributed by atoms with E-state index in [1.807, 2.05) is 18.2 Å². The van der Waals surface area contributed by atoms with E-state index < -0.39 is 0 Å². The Kier molecular flexibility index (Phi) is 5.93. The fourth-order valence-corrected chi connectivity index (χ4v) is 10.3. The third-order valence-electron chi connectivity index (χ3n) is 8.91. The Hall–Kier alpha value is -3.37. The molecule has 2 N–H and O–H groups in total. The molecule has 1 saturated heterocycles. The number of aromatic nitrogens is 1. The number of carbonyl (C=O) groups excluding carboxylic acids is 3. The Morgan fingerprint density at radius 2 is 1.74 bits per heavy atom. The van der Waals surface area contributed by atoms with Crippen LogP contribution in [0.2, 0.25) is 0 Å². The van der Waals surface area contributed by atoms with Gasteiger partial charge in [-0.3, -0.25) is 24.1 Å². The van der Waals surface area contributed by atoms with Gasteiger partial charge in [0.15, 0.2) is 0 Å². The average molecular weight is 562 g/mol. The molecule has 39 heavy (non-hydrogen) atoms. The Balaban J connectivity index is 1.11. The van der Waals surface area contributed by atoms with Crippen LogP contribution in [-0.4, -0.2) is 46.5 Å². The number of anilines is 1. The number of methoxy groups -OCH3 is 1. The van der Waals surface area contributed by atoms with Crippen LogP contribution in [0.1, 0.15) is 29.2 Å². The van der Waals surface area contributed by atoms with Gasteiger partial charge >= 0.3 is 4.87 Å². The molecule has 7 rings (SSSR count). The number of hydrogen-bond donors (Lipinski definition) is 2. The van der Waals surface area contributed by atoms with E-state index in [0.717, 1.165) is 21.9 Å². The first-order valence-electron chi connectivity index (χ1n) is 13.2. The first kappa shape index (κ1) is 24.7. The van der Waals surface area contributed by atoms with Crippen molar-refractivity contribution in [2.24, 2.45) is 29.6 Å². The lowest BCUT2D eigenvalue weighted by Gasteiger charge is -2.43. The van der Waals surface area contributed by atoms with Crippen molar-refractivity contribution in [3.63, 3.8) is 0 Å². The molecule has 0 radical (unpaired) electrons. The summed E-state index contributed by atoms with van der Waals surface area (Å²) in [6.45, 7) is 0.0807. The number of nitrogens with zero attached hydrogens (tertiary/aromatic N) is 1. The molecular formula is C29H27N3O5S2. The van der Waals surface area contributed by atoms with Crippen molar-refractivity contribution < 1.29 is 19.1 Å². The molecule has 2 aliphatic heterocycles. The first-order valence-corrected chi connectivity index (χ1v) is 14.9. The number of carbonyl (C=O) groups is 3. The monoisotopic (exact) mass is 561 g/mol. The molecule has 3 fully saturated rings. The predicted molar refractivity (Wildman–Crippen MR) is 148 cm³/mol. The van der Waals surface area contributed by atoms with Gasteiger partial charge in [-0.15, -0.1) is 11.8 Å². The highest BCUT2D eigenvalue weighted by Crippen LogP contribution is 2.68. The van der Waals surface area contributed by atoms with Crippen molar-refractivity contribution in [3.05, 3.63) is 74.7 Å². The molecule has 7 unspecified atom stereocenters. The molecule has 8 nitrogen and oxygen atoms in total. The number of likely N-dealkylation sites (tertiary alicyclic amines) is 1. The summed E-state index contributed by atoms with van der Waals surface area (Å²) in [5.41, 5.74) is 1.78. The molecular weight excluding hydrogens is 534 g/mol. The molecule has 2 aliphatic carbocycles. The van der Waals surface area contributed by atoms with Crippen LogP contribution in [-0.2, 0) is 14.4 Å². The highest BCUT2D eigenvalue weighted by Gasteiger charge is 2.69. The standard InChI is InChI=1S/C29H27N3O5S2/c1-37-16-9-7-15(8-10-16)30-19(33)11-12-32-27(34)22-17-13-18(23(22)28(32)35)24-21(17)20(14-5-3-2-4-6-14)25-26(38-24)31-29(36)39-25/h2-10,17-18,20-24H,11-13H2,1H3,(H,30,33)(H,31,36). The van der Waals surface area contributed by atoms with Crippen LogP contribution in [0.15, 0.2) is 64.4 Å². The third kappa shape index (κ3) is 3.87. The summed E-state index contributed by atoms with van der Waals surface area (Å²) in [7, 11) is 1.58. The summed E-state index contributed by atoms with van der Waals surface area (Å²) in [4.78, 5) is 57.6. The molecule has 0 spiro atoms. The van der Waals surface area contributed by atoms with Crippen LogP contribution in [0.3, 0.4) is 0 Å². The van der Waals surface area contributed by atoms with E-state index in [0.29, 0.717) is 11.4 Å². The second-order valence-electron chi connectivity index (χ2n) is 10.7. The SMILES string of the molecule is COc1ccc(NC(=O)CCN2C(=O)C3C4CC(C3C2=O)C2C(c3ccccc3)c3sc(=O)[nH]c3SC42)cc1. The number of thiazole rings is 1. The van der Waals surface area contributed by atoms with Crippen molar-refractivity contribution in [1.82, 2.24) is 9.88 Å². The fraction of sp³-hybridized carbons (Fsp3) is 0.379. The Morgan fingerprint density at radius 1 is 1.03 bits per heavy atom. The highest BCUT2D eigenvalue weighted by atomic mass is 32.2. The number of benzene rings is 2. The quantitative estimate of drug-likeness (QED) is 0.442. The molecule has 4 aliphatic rings. The summed E-state index contributed by atoms with van der Waals surface area (Å²) < 4.78 is 5.15. The van der Waals surface area contributed by atoms with Gasteiger partial charge in [-0.05, 0) is 54.0 Å². The van der Waals surface area contributed by atoms with E-state index in [-0.39, 0.29) is 76.3 Å². The summed E-state index contributed by atoms with van der Waals surface area (Å²) in [6.07, 6.45) is 0.897. The topological polar surface area (TPSA) is 109 Å². The second-order valence-corrected chi connectivity index (χ2v) is 12.9. The molecule has 2 bridgehead atoms. The number of rotatable bonds is 6. The maximum atomic E-state index is 13.7. The fourth-order valence-electron chi connectivity index (χ4n) is 7.44. The zero-order valence-corrected chi connectivity index (χ0v) is 22.8. The van der Waals surface area contributed by atoms with Crippen molar-refractivity contribution in [1.29, 1.82) is 0 Å². The highest BCUT2D eigenvalue weighted by molar-refractivity contribution is 8.00. The van der Waals surface area contributed by atoms with Gasteiger partial charge in [-0.2, -0.15) is 0 Å². The average Bonchev–Trinajstić information content (AvgIpc) is 3.67. The van der Waals surface area contributed by atoms with Crippen molar-refractivity contribution in [3.8, 4) is 5.75 Å². The minimum atomic E-state index is -0.350. The van der Waals surface area contributed by atoms with Gasteiger partial charge in [0, 0.05) is 34.7 Å². The lowest BCUT2D eigenvalue weighted by atomic mass is 9.68. The van der Waals surface area contributed by atoms with Crippen molar-refractivity contribution in [2.75, 3.05) is 19.0 Å². The number of thioether (sulfide) groups is 1. The van der Waals surface area contributed by atoms with E-state index in [4.69, 9.17) is 4.74 Å². The molecule has 1 aromatic heterocycles. The molecule has 3 aromatic rings. The maximum Gasteiger partial charge on any atom is 0.305 e. The molecule has 3 heterocycles. The largest absolute Gasteiger partial charge is 0.497 e. The number of ether oxygens (including phenoxy) is 1. The summed E-state index contributed by atoms with van der Waals surface area (Å²) in [5, 5.41) is 3.90. The maximum absolute atomic E-state index is 13.7.